The van der Waals surface area contributed by atoms with Gasteiger partial charge in [0.2, 0.25) is 17.6 Å². The third-order valence-corrected chi connectivity index (χ3v) is 12.9. The van der Waals surface area contributed by atoms with Crippen LogP contribution in [0.1, 0.15) is 34.1 Å². The number of hydrogen-bond donors (Lipinski definition) is 0. The second kappa shape index (κ2) is 11.6. The standard InChI is InChI=1S/C34H24Br2Cl2N2O5/c1-15(31(41)17-4-2-5-18(37)12-17)45-34(44)21-14-25(39-30-20(21)6-3-7-24(30)38)16-8-10-19(11-9-16)40-32(42)26-22-13-23(27(26)33(40)43)29(36)28(22)35/h2-12,14-15,22-23,26-29H,13H2,1H3. The third kappa shape index (κ3) is 5.03. The van der Waals surface area contributed by atoms with Crippen molar-refractivity contribution in [2.45, 2.75) is 29.1 Å². The first-order valence-corrected chi connectivity index (χ1v) is 17.0. The van der Waals surface area contributed by atoms with E-state index < -0.39 is 12.1 Å². The Bertz CT molecular complexity index is 1890. The third-order valence-electron chi connectivity index (χ3n) is 9.18. The molecule has 1 aliphatic heterocycles. The average molecular weight is 771 g/mol. The Morgan fingerprint density at radius 3 is 2.20 bits per heavy atom. The summed E-state index contributed by atoms with van der Waals surface area (Å²) in [6, 6.07) is 20.1. The van der Waals surface area contributed by atoms with E-state index in [0.717, 1.165) is 6.42 Å². The summed E-state index contributed by atoms with van der Waals surface area (Å²) in [7, 11) is 0. The van der Waals surface area contributed by atoms with Gasteiger partial charge in [-0.25, -0.2) is 9.78 Å². The molecule has 11 heteroatoms. The van der Waals surface area contributed by atoms with E-state index in [0.29, 0.717) is 43.5 Å². The number of carbonyl (C=O) groups is 4. The summed E-state index contributed by atoms with van der Waals surface area (Å²) in [6.07, 6.45) is -0.217. The Balaban J connectivity index is 1.18. The van der Waals surface area contributed by atoms with Gasteiger partial charge in [0, 0.05) is 31.2 Å². The second-order valence-electron chi connectivity index (χ2n) is 11.7. The van der Waals surface area contributed by atoms with Gasteiger partial charge in [0.15, 0.2) is 6.10 Å². The zero-order chi connectivity index (χ0) is 31.7. The van der Waals surface area contributed by atoms with Gasteiger partial charge < -0.3 is 4.74 Å². The molecule has 45 heavy (non-hydrogen) atoms. The number of benzene rings is 3. The number of hydrogen-bond acceptors (Lipinski definition) is 6. The number of alkyl halides is 2. The number of carbonyl (C=O) groups excluding carboxylic acids is 4. The number of esters is 1. The highest BCUT2D eigenvalue weighted by Gasteiger charge is 2.66. The number of halogens is 4. The summed E-state index contributed by atoms with van der Waals surface area (Å²) >= 11 is 20.0. The molecule has 1 aromatic heterocycles. The number of rotatable bonds is 6. The zero-order valence-corrected chi connectivity index (χ0v) is 28.3. The van der Waals surface area contributed by atoms with E-state index >= 15 is 0 Å². The van der Waals surface area contributed by atoms with Crippen LogP contribution >= 0.6 is 55.1 Å². The predicted molar refractivity (Wildman–Crippen MR) is 179 cm³/mol. The molecule has 2 amide bonds. The highest BCUT2D eigenvalue weighted by atomic mass is 79.9. The van der Waals surface area contributed by atoms with E-state index in [1.165, 1.54) is 17.9 Å². The number of para-hydroxylation sites is 1. The maximum atomic E-state index is 13.5. The number of pyridine rings is 1. The number of fused-ring (bicyclic) bond motifs is 6. The zero-order valence-electron chi connectivity index (χ0n) is 23.6. The fourth-order valence-electron chi connectivity index (χ4n) is 7.07. The maximum absolute atomic E-state index is 13.5. The van der Waals surface area contributed by atoms with Crippen LogP contribution in [0.2, 0.25) is 10.0 Å². The van der Waals surface area contributed by atoms with E-state index in [9.17, 15) is 19.2 Å². The van der Waals surface area contributed by atoms with Gasteiger partial charge in [-0.2, -0.15) is 0 Å². The molecule has 7 atom stereocenters. The van der Waals surface area contributed by atoms with Crippen molar-refractivity contribution in [2.75, 3.05) is 4.90 Å². The molecule has 2 aliphatic carbocycles. The molecule has 2 bridgehead atoms. The molecule has 4 aromatic rings. The van der Waals surface area contributed by atoms with Crippen LogP contribution in [0.15, 0.2) is 72.8 Å². The van der Waals surface area contributed by atoms with Gasteiger partial charge in [-0.3, -0.25) is 19.3 Å². The molecule has 0 radical (unpaired) electrons. The van der Waals surface area contributed by atoms with Gasteiger partial charge in [-0.05, 0) is 61.6 Å². The fourth-order valence-corrected chi connectivity index (χ4v) is 9.35. The molecule has 7 unspecified atom stereocenters. The first-order valence-electron chi connectivity index (χ1n) is 14.4. The van der Waals surface area contributed by atoms with Crippen LogP contribution in [0.5, 0.6) is 0 Å². The van der Waals surface area contributed by atoms with Crippen LogP contribution in [0.4, 0.5) is 5.69 Å². The number of nitrogens with zero attached hydrogens (tertiary/aromatic N) is 2. The lowest BCUT2D eigenvalue weighted by molar-refractivity contribution is -0.123. The van der Waals surface area contributed by atoms with Crippen LogP contribution in [0.3, 0.4) is 0 Å². The number of ketones is 1. The maximum Gasteiger partial charge on any atom is 0.339 e. The van der Waals surface area contributed by atoms with E-state index in [4.69, 9.17) is 32.9 Å². The molecule has 2 heterocycles. The molecule has 7 nitrogen and oxygen atoms in total. The van der Waals surface area contributed by atoms with E-state index in [1.54, 1.807) is 66.7 Å². The number of aromatic nitrogens is 1. The highest BCUT2D eigenvalue weighted by Crippen LogP contribution is 2.60. The lowest BCUT2D eigenvalue weighted by Gasteiger charge is -2.28. The van der Waals surface area contributed by atoms with E-state index in [-0.39, 0.29) is 56.5 Å². The van der Waals surface area contributed by atoms with Crippen LogP contribution in [0, 0.1) is 23.7 Å². The monoisotopic (exact) mass is 768 g/mol. The summed E-state index contributed by atoms with van der Waals surface area (Å²) in [5, 5.41) is 1.21. The molecule has 0 spiro atoms. The second-order valence-corrected chi connectivity index (χ2v) is 14.6. The molecular weight excluding hydrogens is 747 g/mol. The molecule has 0 N–H and O–H groups in total. The summed E-state index contributed by atoms with van der Waals surface area (Å²) in [4.78, 5) is 59.8. The highest BCUT2D eigenvalue weighted by molar-refractivity contribution is 9.12. The van der Waals surface area contributed by atoms with Gasteiger partial charge in [-0.15, -0.1) is 0 Å². The predicted octanol–water partition coefficient (Wildman–Crippen LogP) is 7.92. The van der Waals surface area contributed by atoms with Crippen molar-refractivity contribution in [2.24, 2.45) is 23.7 Å². The van der Waals surface area contributed by atoms with Gasteiger partial charge >= 0.3 is 5.97 Å². The van der Waals surface area contributed by atoms with Gasteiger partial charge in [0.1, 0.15) is 0 Å². The van der Waals surface area contributed by atoms with Gasteiger partial charge in [0.25, 0.3) is 0 Å². The Labute approximate surface area is 285 Å². The lowest BCUT2D eigenvalue weighted by Crippen LogP contribution is -2.37. The molecule has 228 valence electrons. The molecule has 3 fully saturated rings. The van der Waals surface area contributed by atoms with Crippen molar-refractivity contribution in [3.05, 3.63) is 94.0 Å². The van der Waals surface area contributed by atoms with Crippen molar-refractivity contribution in [1.29, 1.82) is 0 Å². The summed E-state index contributed by atoms with van der Waals surface area (Å²) in [6.45, 7) is 1.51. The number of anilines is 1. The summed E-state index contributed by atoms with van der Waals surface area (Å²) in [5.74, 6) is -1.80. The molecule has 7 rings (SSSR count). The Morgan fingerprint density at radius 2 is 1.56 bits per heavy atom. The number of Topliss-reactive ketones (excluding diaryl/α,β-unsaturated/α-hetero) is 1. The van der Waals surface area contributed by atoms with Crippen molar-refractivity contribution in [3.63, 3.8) is 0 Å². The van der Waals surface area contributed by atoms with Crippen molar-refractivity contribution in [1.82, 2.24) is 4.98 Å². The quantitative estimate of drug-likeness (QED) is 0.0857. The van der Waals surface area contributed by atoms with Gasteiger partial charge in [-0.1, -0.05) is 91.5 Å². The molecule has 3 aromatic carbocycles. The van der Waals surface area contributed by atoms with Crippen LogP contribution in [0.25, 0.3) is 22.2 Å². The topological polar surface area (TPSA) is 93.6 Å². The van der Waals surface area contributed by atoms with Crippen molar-refractivity contribution >= 4 is 95.2 Å². The molecular formula is C34H24Br2Cl2N2O5. The van der Waals surface area contributed by atoms with Crippen LogP contribution in [-0.2, 0) is 14.3 Å². The minimum Gasteiger partial charge on any atom is -0.451 e. The van der Waals surface area contributed by atoms with Crippen molar-refractivity contribution < 1.29 is 23.9 Å². The first-order chi connectivity index (χ1) is 21.5. The Hall–Kier alpha value is -3.11. The smallest absolute Gasteiger partial charge is 0.339 e. The van der Waals surface area contributed by atoms with E-state index in [1.807, 2.05) is 0 Å². The lowest BCUT2D eigenvalue weighted by atomic mass is 9.81. The fraction of sp³-hybridized carbons (Fsp3) is 0.265. The number of ether oxygens (including phenoxy) is 1. The molecule has 1 saturated heterocycles. The normalized spacial score (nSPS) is 25.9. The minimum atomic E-state index is -1.08. The average Bonchev–Trinajstić information content (AvgIpc) is 3.65. The van der Waals surface area contributed by atoms with Gasteiger partial charge in [0.05, 0.1) is 39.3 Å². The number of amides is 2. The largest absolute Gasteiger partial charge is 0.451 e. The Kier molecular flexibility index (Phi) is 7.87. The van der Waals surface area contributed by atoms with Crippen LogP contribution < -0.4 is 4.90 Å². The summed E-state index contributed by atoms with van der Waals surface area (Å²) in [5.41, 5.74) is 2.47. The van der Waals surface area contributed by atoms with Crippen molar-refractivity contribution in [3.8, 4) is 11.3 Å². The molecule has 2 saturated carbocycles. The van der Waals surface area contributed by atoms with E-state index in [2.05, 4.69) is 31.9 Å². The first kappa shape index (κ1) is 30.5. The van der Waals surface area contributed by atoms with Crippen LogP contribution in [-0.4, -0.2) is 44.3 Å². The minimum absolute atomic E-state index is 0.123. The Morgan fingerprint density at radius 1 is 0.911 bits per heavy atom. The SMILES string of the molecule is CC(OC(=O)c1cc(-c2ccc(N3C(=O)C4C5CC(C(Br)C5Br)C4C3=O)cc2)nc2c(Cl)cccc12)C(=O)c1cccc(Cl)c1. The molecule has 3 aliphatic rings. The number of imide groups is 1. The summed E-state index contributed by atoms with van der Waals surface area (Å²) < 4.78 is 5.62.